The third kappa shape index (κ3) is 2.77. The van der Waals surface area contributed by atoms with Gasteiger partial charge in [0.15, 0.2) is 0 Å². The van der Waals surface area contributed by atoms with Crippen LogP contribution in [0.25, 0.3) is 10.9 Å². The van der Waals surface area contributed by atoms with Crippen molar-refractivity contribution >= 4 is 22.7 Å². The molecule has 7 nitrogen and oxygen atoms in total. The van der Waals surface area contributed by atoms with E-state index in [-0.39, 0.29) is 18.4 Å². The summed E-state index contributed by atoms with van der Waals surface area (Å²) in [6.07, 6.45) is 0.740. The molecule has 7 heteroatoms. The second-order valence-electron chi connectivity index (χ2n) is 7.60. The number of nitrogens with zero attached hydrogens (tertiary/aromatic N) is 3. The number of ether oxygens (including phenoxy) is 2. The molecule has 3 heterocycles. The molecule has 2 saturated heterocycles. The molecular weight excluding hydrogens is 346 g/mol. The summed E-state index contributed by atoms with van der Waals surface area (Å²) in [5, 5.41) is 0.900. The Bertz CT molecular complexity index is 935. The lowest BCUT2D eigenvalue weighted by atomic mass is 10.0. The van der Waals surface area contributed by atoms with E-state index in [0.29, 0.717) is 25.2 Å². The quantitative estimate of drug-likeness (QED) is 0.804. The van der Waals surface area contributed by atoms with Crippen LogP contribution in [0.4, 0.5) is 0 Å². The number of rotatable bonds is 2. The van der Waals surface area contributed by atoms with Crippen molar-refractivity contribution in [2.75, 3.05) is 40.4 Å². The van der Waals surface area contributed by atoms with Crippen molar-refractivity contribution in [1.82, 2.24) is 14.4 Å². The Morgan fingerprint density at radius 1 is 1.26 bits per heavy atom. The zero-order valence-corrected chi connectivity index (χ0v) is 16.2. The first-order valence-electron chi connectivity index (χ1n) is 9.15. The zero-order chi connectivity index (χ0) is 19.3. The van der Waals surface area contributed by atoms with Gasteiger partial charge in [0, 0.05) is 37.2 Å². The van der Waals surface area contributed by atoms with Crippen molar-refractivity contribution in [1.29, 1.82) is 0 Å². The predicted molar refractivity (Wildman–Crippen MR) is 101 cm³/mol. The van der Waals surface area contributed by atoms with Gasteiger partial charge >= 0.3 is 0 Å². The molecule has 2 amide bonds. The van der Waals surface area contributed by atoms with Crippen molar-refractivity contribution in [3.8, 4) is 5.75 Å². The van der Waals surface area contributed by atoms with Gasteiger partial charge in [-0.1, -0.05) is 0 Å². The van der Waals surface area contributed by atoms with Crippen LogP contribution in [-0.2, 0) is 16.6 Å². The molecule has 4 rings (SSSR count). The van der Waals surface area contributed by atoms with Crippen LogP contribution in [0.1, 0.15) is 22.5 Å². The lowest BCUT2D eigenvalue weighted by molar-refractivity contribution is -0.158. The summed E-state index contributed by atoms with van der Waals surface area (Å²) in [4.78, 5) is 28.7. The van der Waals surface area contributed by atoms with Gasteiger partial charge in [0.2, 0.25) is 5.91 Å². The molecule has 0 N–H and O–H groups in total. The van der Waals surface area contributed by atoms with E-state index in [4.69, 9.17) is 9.47 Å². The maximum atomic E-state index is 13.4. The third-order valence-corrected chi connectivity index (χ3v) is 5.97. The predicted octanol–water partition coefficient (Wildman–Crippen LogP) is 1.57. The summed E-state index contributed by atoms with van der Waals surface area (Å²) in [7, 11) is 5.39. The average Bonchev–Trinajstić information content (AvgIpc) is 3.18. The molecule has 2 aliphatic rings. The molecular formula is C20H25N3O4. The molecule has 0 radical (unpaired) electrons. The lowest BCUT2D eigenvalue weighted by Crippen LogP contribution is -2.54. The number of amides is 2. The summed E-state index contributed by atoms with van der Waals surface area (Å²) in [6.45, 7) is 3.71. The molecule has 0 unspecified atom stereocenters. The highest BCUT2D eigenvalue weighted by molar-refractivity contribution is 6.09. The number of fused-ring (bicyclic) bond motifs is 1. The van der Waals surface area contributed by atoms with Crippen LogP contribution in [-0.4, -0.2) is 72.2 Å². The Morgan fingerprint density at radius 2 is 2.04 bits per heavy atom. The van der Waals surface area contributed by atoms with E-state index in [1.165, 1.54) is 0 Å². The summed E-state index contributed by atoms with van der Waals surface area (Å²) >= 11 is 0. The van der Waals surface area contributed by atoms with Crippen LogP contribution >= 0.6 is 0 Å². The number of likely N-dealkylation sites (tertiary alicyclic amines) is 1. The van der Waals surface area contributed by atoms with E-state index < -0.39 is 5.60 Å². The van der Waals surface area contributed by atoms with Crippen LogP contribution in [0, 0.1) is 6.92 Å². The van der Waals surface area contributed by atoms with Crippen LogP contribution in [0.5, 0.6) is 5.75 Å². The topological polar surface area (TPSA) is 64.0 Å². The van der Waals surface area contributed by atoms with Crippen LogP contribution < -0.4 is 4.74 Å². The summed E-state index contributed by atoms with van der Waals surface area (Å²) < 4.78 is 13.3. The van der Waals surface area contributed by atoms with Gasteiger partial charge in [0.25, 0.3) is 5.91 Å². The van der Waals surface area contributed by atoms with Gasteiger partial charge in [-0.2, -0.15) is 0 Å². The first kappa shape index (κ1) is 17.9. The highest BCUT2D eigenvalue weighted by Gasteiger charge is 2.46. The van der Waals surface area contributed by atoms with Gasteiger partial charge in [0.05, 0.1) is 25.8 Å². The van der Waals surface area contributed by atoms with E-state index >= 15 is 0 Å². The molecule has 0 bridgehead atoms. The van der Waals surface area contributed by atoms with Gasteiger partial charge in [-0.25, -0.2) is 0 Å². The Labute approximate surface area is 158 Å². The minimum atomic E-state index is -0.450. The minimum Gasteiger partial charge on any atom is -0.497 e. The number of likely N-dealkylation sites (N-methyl/N-ethyl adjacent to an activating group) is 1. The number of hydrogen-bond acceptors (Lipinski definition) is 4. The molecule has 1 spiro atoms. The molecule has 2 fully saturated rings. The average molecular weight is 371 g/mol. The smallest absolute Gasteiger partial charge is 0.256 e. The second-order valence-corrected chi connectivity index (χ2v) is 7.60. The summed E-state index contributed by atoms with van der Waals surface area (Å²) in [6, 6.07) is 5.81. The van der Waals surface area contributed by atoms with E-state index in [9.17, 15) is 9.59 Å². The Hall–Kier alpha value is -2.54. The second kappa shape index (κ2) is 6.27. The largest absolute Gasteiger partial charge is 0.497 e. The van der Waals surface area contributed by atoms with E-state index in [1.807, 2.05) is 41.6 Å². The highest BCUT2D eigenvalue weighted by atomic mass is 16.5. The number of hydrogen-bond donors (Lipinski definition) is 0. The van der Waals surface area contributed by atoms with Crippen LogP contribution in [0.3, 0.4) is 0 Å². The number of carbonyl (C=O) groups is 2. The molecule has 144 valence electrons. The maximum Gasteiger partial charge on any atom is 0.256 e. The van der Waals surface area contributed by atoms with E-state index in [1.54, 1.807) is 19.1 Å². The van der Waals surface area contributed by atoms with E-state index in [0.717, 1.165) is 28.8 Å². The molecule has 2 aromatic rings. The monoisotopic (exact) mass is 371 g/mol. The SMILES string of the molecule is COc1ccc2c(c1)c(C(=O)N1CC[C@@]3(CN(C)C(=O)CO3)C1)c(C)n2C. The lowest BCUT2D eigenvalue weighted by Gasteiger charge is -2.38. The van der Waals surface area contributed by atoms with Gasteiger partial charge < -0.3 is 23.8 Å². The van der Waals surface area contributed by atoms with Crippen LogP contribution in [0.15, 0.2) is 18.2 Å². The van der Waals surface area contributed by atoms with E-state index in [2.05, 4.69) is 0 Å². The van der Waals surface area contributed by atoms with Crippen molar-refractivity contribution in [3.05, 3.63) is 29.5 Å². The van der Waals surface area contributed by atoms with Crippen molar-refractivity contribution < 1.29 is 19.1 Å². The highest BCUT2D eigenvalue weighted by Crippen LogP contribution is 2.34. The Balaban J connectivity index is 1.66. The summed E-state index contributed by atoms with van der Waals surface area (Å²) in [5.41, 5.74) is 2.20. The van der Waals surface area contributed by atoms with Gasteiger partial charge in [-0.15, -0.1) is 0 Å². The van der Waals surface area contributed by atoms with Gasteiger partial charge in [0.1, 0.15) is 18.0 Å². The zero-order valence-electron chi connectivity index (χ0n) is 16.2. The molecule has 2 aliphatic heterocycles. The molecule has 1 atom stereocenters. The standard InChI is InChI=1S/C20H25N3O4/c1-13-18(15-9-14(26-4)5-6-16(15)22(13)3)19(25)23-8-7-20(12-23)11-21(2)17(24)10-27-20/h5-6,9H,7-8,10-12H2,1-4H3/t20-/m1/s1. The molecule has 0 aliphatic carbocycles. The van der Waals surface area contributed by atoms with Gasteiger partial charge in [-0.05, 0) is 31.5 Å². The normalized spacial score (nSPS) is 22.9. The number of methoxy groups -OCH3 is 1. The number of carbonyl (C=O) groups excluding carboxylic acids is 2. The Kier molecular flexibility index (Phi) is 4.14. The van der Waals surface area contributed by atoms with Gasteiger partial charge in [-0.3, -0.25) is 9.59 Å². The first-order valence-corrected chi connectivity index (χ1v) is 9.15. The van der Waals surface area contributed by atoms with Crippen molar-refractivity contribution in [3.63, 3.8) is 0 Å². The molecule has 1 aromatic carbocycles. The molecule has 27 heavy (non-hydrogen) atoms. The molecule has 1 aromatic heterocycles. The fourth-order valence-corrected chi connectivity index (χ4v) is 4.26. The summed E-state index contributed by atoms with van der Waals surface area (Å²) in [5.74, 6) is 0.726. The maximum absolute atomic E-state index is 13.4. The first-order chi connectivity index (χ1) is 12.8. The van der Waals surface area contributed by atoms with Crippen molar-refractivity contribution in [2.45, 2.75) is 18.9 Å². The fourth-order valence-electron chi connectivity index (χ4n) is 4.26. The fraction of sp³-hybridized carbons (Fsp3) is 0.500. The Morgan fingerprint density at radius 3 is 2.74 bits per heavy atom. The number of aromatic nitrogens is 1. The molecule has 0 saturated carbocycles. The number of morpholine rings is 1. The van der Waals surface area contributed by atoms with Crippen LogP contribution in [0.2, 0.25) is 0 Å². The third-order valence-electron chi connectivity index (χ3n) is 5.97. The van der Waals surface area contributed by atoms with Crippen molar-refractivity contribution in [2.24, 2.45) is 7.05 Å². The minimum absolute atomic E-state index is 0.00591. The number of aryl methyl sites for hydroxylation is 1. The number of benzene rings is 1.